The summed E-state index contributed by atoms with van der Waals surface area (Å²) < 4.78 is 6.97. The summed E-state index contributed by atoms with van der Waals surface area (Å²) in [7, 11) is 0. The lowest BCUT2D eigenvalue weighted by Gasteiger charge is -2.15. The Morgan fingerprint density at radius 2 is 1.97 bits per heavy atom. The number of hydrogen-bond acceptors (Lipinski definition) is 5. The minimum atomic E-state index is -0.207. The van der Waals surface area contributed by atoms with Crippen molar-refractivity contribution in [3.05, 3.63) is 78.1 Å². The van der Waals surface area contributed by atoms with Gasteiger partial charge in [-0.25, -0.2) is 4.98 Å². The second-order valence-electron chi connectivity index (χ2n) is 7.54. The molecule has 0 unspecified atom stereocenters. The maximum absolute atomic E-state index is 12.2. The molecule has 2 aromatic heterocycles. The van der Waals surface area contributed by atoms with E-state index in [1.807, 2.05) is 60.7 Å². The Hall–Kier alpha value is -3.71. The van der Waals surface area contributed by atoms with E-state index in [9.17, 15) is 9.59 Å². The predicted molar refractivity (Wildman–Crippen MR) is 126 cm³/mol. The number of rotatable bonds is 6. The fourth-order valence-corrected chi connectivity index (χ4v) is 4.58. The molecule has 1 fully saturated rings. The van der Waals surface area contributed by atoms with Gasteiger partial charge in [0.1, 0.15) is 5.76 Å². The third-order valence-corrected chi connectivity index (χ3v) is 6.36. The number of fused-ring (bicyclic) bond motifs is 1. The standard InChI is InChI=1S/C25H21N3O3S/c29-23(14-9-17-7-10-18(11-8-17)28-15-3-6-24(28)30)26-16-19-12-13-21(31-19)25-27-20-4-1-2-5-22(20)32-25/h1-2,4-5,7-14H,3,6,15-16H2,(H,26,29). The summed E-state index contributed by atoms with van der Waals surface area (Å²) in [6.45, 7) is 1.06. The predicted octanol–water partition coefficient (Wildman–Crippen LogP) is 5.01. The molecule has 2 aromatic carbocycles. The van der Waals surface area contributed by atoms with Crippen molar-refractivity contribution in [2.45, 2.75) is 19.4 Å². The van der Waals surface area contributed by atoms with Gasteiger partial charge in [0.25, 0.3) is 0 Å². The van der Waals surface area contributed by atoms with Crippen molar-refractivity contribution >= 4 is 45.1 Å². The number of nitrogens with zero attached hydrogens (tertiary/aromatic N) is 2. The van der Waals surface area contributed by atoms with Gasteiger partial charge < -0.3 is 14.6 Å². The minimum Gasteiger partial charge on any atom is -0.457 e. The fraction of sp³-hybridized carbons (Fsp3) is 0.160. The number of thiazole rings is 1. The molecule has 0 saturated carbocycles. The van der Waals surface area contributed by atoms with Gasteiger partial charge in [0.15, 0.2) is 10.8 Å². The van der Waals surface area contributed by atoms with Gasteiger partial charge in [0, 0.05) is 24.7 Å². The van der Waals surface area contributed by atoms with Crippen LogP contribution >= 0.6 is 11.3 Å². The van der Waals surface area contributed by atoms with Crippen LogP contribution in [-0.4, -0.2) is 23.3 Å². The normalized spacial score (nSPS) is 14.0. The van der Waals surface area contributed by atoms with Crippen molar-refractivity contribution in [1.29, 1.82) is 0 Å². The molecule has 3 heterocycles. The molecule has 1 aliphatic rings. The fourth-order valence-electron chi connectivity index (χ4n) is 3.66. The SMILES string of the molecule is O=C(C=Cc1ccc(N2CCCC2=O)cc1)NCc1ccc(-c2nc3ccccc3s2)o1. The Morgan fingerprint density at radius 3 is 2.75 bits per heavy atom. The monoisotopic (exact) mass is 443 g/mol. The highest BCUT2D eigenvalue weighted by Crippen LogP contribution is 2.31. The van der Waals surface area contributed by atoms with Crippen LogP contribution in [0.5, 0.6) is 0 Å². The first-order valence-electron chi connectivity index (χ1n) is 10.5. The molecule has 0 radical (unpaired) electrons. The molecule has 1 aliphatic heterocycles. The van der Waals surface area contributed by atoms with Crippen LogP contribution in [0.1, 0.15) is 24.2 Å². The number of carbonyl (C=O) groups excluding carboxylic acids is 2. The van der Waals surface area contributed by atoms with E-state index in [0.29, 0.717) is 24.5 Å². The first-order valence-corrected chi connectivity index (χ1v) is 11.3. The smallest absolute Gasteiger partial charge is 0.244 e. The highest BCUT2D eigenvalue weighted by molar-refractivity contribution is 7.21. The van der Waals surface area contributed by atoms with E-state index in [2.05, 4.69) is 10.3 Å². The van der Waals surface area contributed by atoms with Gasteiger partial charge >= 0.3 is 0 Å². The summed E-state index contributed by atoms with van der Waals surface area (Å²) in [5.74, 6) is 1.32. The number of nitrogens with one attached hydrogen (secondary N) is 1. The van der Waals surface area contributed by atoms with E-state index in [-0.39, 0.29) is 11.8 Å². The quantitative estimate of drug-likeness (QED) is 0.425. The van der Waals surface area contributed by atoms with Crippen LogP contribution in [0.3, 0.4) is 0 Å². The maximum Gasteiger partial charge on any atom is 0.244 e. The van der Waals surface area contributed by atoms with Crippen LogP contribution < -0.4 is 10.2 Å². The number of para-hydroxylation sites is 1. The summed E-state index contributed by atoms with van der Waals surface area (Å²) in [4.78, 5) is 30.4. The van der Waals surface area contributed by atoms with Crippen LogP contribution in [0.4, 0.5) is 5.69 Å². The van der Waals surface area contributed by atoms with Gasteiger partial charge in [0.2, 0.25) is 11.8 Å². The molecule has 1 N–H and O–H groups in total. The van der Waals surface area contributed by atoms with Gasteiger partial charge in [-0.15, -0.1) is 11.3 Å². The van der Waals surface area contributed by atoms with Gasteiger partial charge in [-0.2, -0.15) is 0 Å². The summed E-state index contributed by atoms with van der Waals surface area (Å²) in [5.41, 5.74) is 2.74. The molecule has 160 valence electrons. The zero-order chi connectivity index (χ0) is 21.9. The van der Waals surface area contributed by atoms with Gasteiger partial charge in [-0.05, 0) is 54.5 Å². The lowest BCUT2D eigenvalue weighted by Crippen LogP contribution is -2.23. The first kappa shape index (κ1) is 20.2. The van der Waals surface area contributed by atoms with Crippen molar-refractivity contribution in [1.82, 2.24) is 10.3 Å². The van der Waals surface area contributed by atoms with Crippen molar-refractivity contribution in [2.24, 2.45) is 0 Å². The molecule has 0 aliphatic carbocycles. The third kappa shape index (κ3) is 4.33. The van der Waals surface area contributed by atoms with Gasteiger partial charge in [-0.3, -0.25) is 9.59 Å². The van der Waals surface area contributed by atoms with Crippen LogP contribution in [0.25, 0.3) is 27.1 Å². The Bertz CT molecular complexity index is 1270. The van der Waals surface area contributed by atoms with Crippen LogP contribution in [0.15, 0.2) is 71.2 Å². The lowest BCUT2D eigenvalue weighted by molar-refractivity contribution is -0.117. The van der Waals surface area contributed by atoms with Crippen molar-refractivity contribution in [2.75, 3.05) is 11.4 Å². The number of furan rings is 1. The summed E-state index contributed by atoms with van der Waals surface area (Å²) in [5, 5.41) is 3.66. The van der Waals surface area contributed by atoms with Crippen molar-refractivity contribution in [3.8, 4) is 10.8 Å². The molecule has 0 atom stereocenters. The van der Waals surface area contributed by atoms with Crippen LogP contribution in [-0.2, 0) is 16.1 Å². The second kappa shape index (κ2) is 8.80. The van der Waals surface area contributed by atoms with Crippen molar-refractivity contribution < 1.29 is 14.0 Å². The Labute approximate surface area is 189 Å². The highest BCUT2D eigenvalue weighted by Gasteiger charge is 2.21. The molecule has 7 heteroatoms. The average molecular weight is 444 g/mol. The molecule has 0 spiro atoms. The highest BCUT2D eigenvalue weighted by atomic mass is 32.1. The number of amides is 2. The second-order valence-corrected chi connectivity index (χ2v) is 8.57. The zero-order valence-corrected chi connectivity index (χ0v) is 18.1. The summed E-state index contributed by atoms with van der Waals surface area (Å²) in [6, 6.07) is 19.3. The van der Waals surface area contributed by atoms with E-state index < -0.39 is 0 Å². The number of benzene rings is 2. The third-order valence-electron chi connectivity index (χ3n) is 5.31. The topological polar surface area (TPSA) is 75.4 Å². The van der Waals surface area contributed by atoms with Crippen LogP contribution in [0, 0.1) is 0 Å². The molecule has 4 aromatic rings. The number of aromatic nitrogens is 1. The lowest BCUT2D eigenvalue weighted by atomic mass is 10.2. The first-order chi connectivity index (χ1) is 15.7. The minimum absolute atomic E-state index is 0.164. The summed E-state index contributed by atoms with van der Waals surface area (Å²) >= 11 is 1.58. The Balaban J connectivity index is 1.16. The van der Waals surface area contributed by atoms with Gasteiger partial charge in [0.05, 0.1) is 16.8 Å². The average Bonchev–Trinajstić information content (AvgIpc) is 3.55. The van der Waals surface area contributed by atoms with E-state index in [0.717, 1.165) is 39.4 Å². The molecule has 6 nitrogen and oxygen atoms in total. The molecule has 0 bridgehead atoms. The zero-order valence-electron chi connectivity index (χ0n) is 17.3. The number of hydrogen-bond donors (Lipinski definition) is 1. The van der Waals surface area contributed by atoms with Crippen LogP contribution in [0.2, 0.25) is 0 Å². The van der Waals surface area contributed by atoms with E-state index in [1.54, 1.807) is 22.3 Å². The Morgan fingerprint density at radius 1 is 1.12 bits per heavy atom. The molecule has 32 heavy (non-hydrogen) atoms. The van der Waals surface area contributed by atoms with E-state index in [4.69, 9.17) is 4.42 Å². The molecular formula is C25H21N3O3S. The number of carbonyl (C=O) groups is 2. The van der Waals surface area contributed by atoms with E-state index >= 15 is 0 Å². The van der Waals surface area contributed by atoms with Gasteiger partial charge in [-0.1, -0.05) is 24.3 Å². The molecule has 5 rings (SSSR count). The maximum atomic E-state index is 12.2. The molecule has 1 saturated heterocycles. The number of anilines is 1. The van der Waals surface area contributed by atoms with Crippen molar-refractivity contribution in [3.63, 3.8) is 0 Å². The molecule has 2 amide bonds. The molecular weight excluding hydrogens is 422 g/mol. The Kier molecular flexibility index (Phi) is 5.56. The summed E-state index contributed by atoms with van der Waals surface area (Å²) in [6.07, 6.45) is 4.75. The van der Waals surface area contributed by atoms with E-state index in [1.165, 1.54) is 6.08 Å². The largest absolute Gasteiger partial charge is 0.457 e.